The molecule has 0 aliphatic rings. The molecule has 2 aromatic heterocycles. The van der Waals surface area contributed by atoms with Gasteiger partial charge in [-0.3, -0.25) is 9.36 Å². The van der Waals surface area contributed by atoms with Crippen LogP contribution in [0.25, 0.3) is 27.9 Å². The van der Waals surface area contributed by atoms with Gasteiger partial charge in [0.05, 0.1) is 11.0 Å². The lowest BCUT2D eigenvalue weighted by atomic mass is 10.2. The number of halogens is 1. The van der Waals surface area contributed by atoms with Gasteiger partial charge in [0.1, 0.15) is 16.9 Å². The summed E-state index contributed by atoms with van der Waals surface area (Å²) < 4.78 is 1.80. The summed E-state index contributed by atoms with van der Waals surface area (Å²) in [5.41, 5.74) is 12.1. The zero-order valence-electron chi connectivity index (χ0n) is 20.2. The number of nitrogens with two attached hydrogens (primary N) is 1. The van der Waals surface area contributed by atoms with Crippen LogP contribution in [-0.2, 0) is 6.54 Å². The fourth-order valence-corrected chi connectivity index (χ4v) is 4.66. The van der Waals surface area contributed by atoms with Crippen molar-refractivity contribution < 1.29 is 4.79 Å². The van der Waals surface area contributed by atoms with Crippen LogP contribution in [0.15, 0.2) is 72.8 Å². The molecule has 2 heterocycles. The number of hydrogen-bond donors (Lipinski definition) is 2. The van der Waals surface area contributed by atoms with Crippen molar-refractivity contribution in [1.82, 2.24) is 19.9 Å². The molecule has 182 valence electrons. The van der Waals surface area contributed by atoms with Gasteiger partial charge in [0, 0.05) is 36.0 Å². The molecular weight excluding hydrogens is 472 g/mol. The molecule has 0 unspecified atom stereocenters. The van der Waals surface area contributed by atoms with Gasteiger partial charge < -0.3 is 16.0 Å². The van der Waals surface area contributed by atoms with Gasteiger partial charge in [-0.15, -0.1) is 0 Å². The maximum Gasteiger partial charge on any atom is 0.257 e. The number of nitrogens with one attached hydrogen (secondary N) is 1. The average molecular weight is 499 g/mol. The van der Waals surface area contributed by atoms with Crippen molar-refractivity contribution in [3.63, 3.8) is 0 Å². The highest BCUT2D eigenvalue weighted by molar-refractivity contribution is 6.31. The first-order valence-electron chi connectivity index (χ1n) is 12.0. The molecule has 0 atom stereocenters. The Labute approximate surface area is 214 Å². The van der Waals surface area contributed by atoms with Gasteiger partial charge in [0.2, 0.25) is 0 Å². The molecule has 3 aromatic carbocycles. The number of nitrogen functional groups attached to an aromatic ring is 1. The highest BCUT2D eigenvalue weighted by atomic mass is 35.5. The van der Waals surface area contributed by atoms with E-state index in [1.807, 2.05) is 54.6 Å². The summed E-state index contributed by atoms with van der Waals surface area (Å²) in [4.78, 5) is 25.4. The van der Waals surface area contributed by atoms with Gasteiger partial charge >= 0.3 is 0 Å². The molecule has 0 saturated heterocycles. The minimum Gasteiger partial charge on any atom is -0.384 e. The van der Waals surface area contributed by atoms with Gasteiger partial charge in [-0.2, -0.15) is 0 Å². The molecule has 3 N–H and O–H groups in total. The third-order valence-electron chi connectivity index (χ3n) is 6.36. The lowest BCUT2D eigenvalue weighted by molar-refractivity contribution is 0.0953. The first-order chi connectivity index (χ1) is 17.5. The standard InChI is InChI=1S/C28H27ClN6O/c1-3-34(4-2)19-13-15-20(16-14-19)35-26(30)24(28(36)31-17-18-9-5-6-10-21(18)29)25-27(35)33-23-12-8-7-11-22(23)32-25/h5-16H,3-4,17,30H2,1-2H3,(H,31,36). The fraction of sp³-hybridized carbons (Fsp3) is 0.179. The summed E-state index contributed by atoms with van der Waals surface area (Å²) in [6.07, 6.45) is 0. The van der Waals surface area contributed by atoms with Gasteiger partial charge in [-0.05, 0) is 61.9 Å². The Hall–Kier alpha value is -4.10. The number of fused-ring (bicyclic) bond motifs is 2. The molecule has 0 spiro atoms. The highest BCUT2D eigenvalue weighted by Gasteiger charge is 2.25. The average Bonchev–Trinajstić information content (AvgIpc) is 3.18. The van der Waals surface area contributed by atoms with Crippen molar-refractivity contribution in [2.45, 2.75) is 20.4 Å². The predicted octanol–water partition coefficient (Wildman–Crippen LogP) is 5.59. The first-order valence-corrected chi connectivity index (χ1v) is 12.3. The maximum atomic E-state index is 13.4. The van der Waals surface area contributed by atoms with Crippen LogP contribution in [0.1, 0.15) is 29.8 Å². The van der Waals surface area contributed by atoms with E-state index in [2.05, 4.69) is 36.2 Å². The van der Waals surface area contributed by atoms with Crippen LogP contribution in [0.3, 0.4) is 0 Å². The van der Waals surface area contributed by atoms with Crippen molar-refractivity contribution in [1.29, 1.82) is 0 Å². The summed E-state index contributed by atoms with van der Waals surface area (Å²) in [6.45, 7) is 6.35. The lowest BCUT2D eigenvalue weighted by Crippen LogP contribution is -2.24. The van der Waals surface area contributed by atoms with E-state index in [1.54, 1.807) is 10.6 Å². The van der Waals surface area contributed by atoms with E-state index >= 15 is 0 Å². The van der Waals surface area contributed by atoms with E-state index in [0.29, 0.717) is 27.3 Å². The Bertz CT molecular complexity index is 1560. The molecule has 1 amide bonds. The van der Waals surface area contributed by atoms with Gasteiger partial charge in [0.15, 0.2) is 5.65 Å². The molecule has 0 radical (unpaired) electrons. The number of anilines is 2. The van der Waals surface area contributed by atoms with Crippen molar-refractivity contribution in [2.24, 2.45) is 0 Å². The number of carbonyl (C=O) groups is 1. The third kappa shape index (κ3) is 4.22. The zero-order chi connectivity index (χ0) is 25.2. The number of rotatable bonds is 7. The summed E-state index contributed by atoms with van der Waals surface area (Å²) >= 11 is 6.28. The quantitative estimate of drug-likeness (QED) is 0.305. The Morgan fingerprint density at radius 3 is 2.25 bits per heavy atom. The van der Waals surface area contributed by atoms with Crippen LogP contribution >= 0.6 is 11.6 Å². The molecule has 5 aromatic rings. The number of nitrogens with zero attached hydrogens (tertiary/aromatic N) is 4. The monoisotopic (exact) mass is 498 g/mol. The molecule has 0 aliphatic heterocycles. The number of hydrogen-bond acceptors (Lipinski definition) is 5. The molecular formula is C28H27ClN6O. The first kappa shape index (κ1) is 23.6. The van der Waals surface area contributed by atoms with Crippen LogP contribution in [0.5, 0.6) is 0 Å². The van der Waals surface area contributed by atoms with E-state index < -0.39 is 0 Å². The second-order valence-corrected chi connectivity index (χ2v) is 8.85. The smallest absolute Gasteiger partial charge is 0.257 e. The predicted molar refractivity (Wildman–Crippen MR) is 147 cm³/mol. The normalized spacial score (nSPS) is 11.2. The molecule has 0 fully saturated rings. The van der Waals surface area contributed by atoms with Gasteiger partial charge in [-0.25, -0.2) is 9.97 Å². The van der Waals surface area contributed by atoms with E-state index in [-0.39, 0.29) is 18.3 Å². The molecule has 36 heavy (non-hydrogen) atoms. The van der Waals surface area contributed by atoms with Crippen LogP contribution in [-0.4, -0.2) is 33.5 Å². The van der Waals surface area contributed by atoms with Crippen LogP contribution in [0.4, 0.5) is 11.5 Å². The molecule has 5 rings (SSSR count). The highest BCUT2D eigenvalue weighted by Crippen LogP contribution is 2.32. The maximum absolute atomic E-state index is 13.4. The zero-order valence-corrected chi connectivity index (χ0v) is 21.0. The van der Waals surface area contributed by atoms with Crippen molar-refractivity contribution in [3.05, 3.63) is 88.9 Å². The number of amides is 1. The lowest BCUT2D eigenvalue weighted by Gasteiger charge is -2.21. The molecule has 0 bridgehead atoms. The van der Waals surface area contributed by atoms with Crippen LogP contribution in [0.2, 0.25) is 5.02 Å². The number of aromatic nitrogens is 3. The summed E-state index contributed by atoms with van der Waals surface area (Å²) in [5, 5.41) is 3.54. The largest absolute Gasteiger partial charge is 0.384 e. The van der Waals surface area contributed by atoms with Gasteiger partial charge in [-0.1, -0.05) is 41.9 Å². The second-order valence-electron chi connectivity index (χ2n) is 8.44. The Kier molecular flexibility index (Phi) is 6.48. The number of benzene rings is 3. The third-order valence-corrected chi connectivity index (χ3v) is 6.73. The van der Waals surface area contributed by atoms with Crippen molar-refractivity contribution in [2.75, 3.05) is 23.7 Å². The summed E-state index contributed by atoms with van der Waals surface area (Å²) in [5.74, 6) is -0.0481. The van der Waals surface area contributed by atoms with Crippen molar-refractivity contribution in [3.8, 4) is 5.69 Å². The number of carbonyl (C=O) groups excluding carboxylic acids is 1. The van der Waals surface area contributed by atoms with Gasteiger partial charge in [0.25, 0.3) is 5.91 Å². The SMILES string of the molecule is CCN(CC)c1ccc(-n2c(N)c(C(=O)NCc3ccccc3Cl)c3nc4ccccc4nc32)cc1. The van der Waals surface area contributed by atoms with E-state index in [0.717, 1.165) is 35.5 Å². The van der Waals surface area contributed by atoms with Crippen molar-refractivity contribution >= 4 is 51.2 Å². The molecule has 8 heteroatoms. The van der Waals surface area contributed by atoms with E-state index in [9.17, 15) is 4.79 Å². The summed E-state index contributed by atoms with van der Waals surface area (Å²) in [6, 6.07) is 23.1. The van der Waals surface area contributed by atoms with E-state index in [4.69, 9.17) is 27.3 Å². The fourth-order valence-electron chi connectivity index (χ4n) is 4.45. The number of para-hydroxylation sites is 2. The molecule has 7 nitrogen and oxygen atoms in total. The Morgan fingerprint density at radius 2 is 1.58 bits per heavy atom. The van der Waals surface area contributed by atoms with E-state index in [1.165, 1.54) is 0 Å². The second kappa shape index (κ2) is 9.87. The minimum absolute atomic E-state index is 0.268. The molecule has 0 aliphatic carbocycles. The van der Waals surface area contributed by atoms with Crippen LogP contribution < -0.4 is 16.0 Å². The molecule has 0 saturated carbocycles. The Morgan fingerprint density at radius 1 is 0.944 bits per heavy atom. The Balaban J connectivity index is 1.62. The van der Waals surface area contributed by atoms with Crippen LogP contribution in [0, 0.1) is 0 Å². The topological polar surface area (TPSA) is 89.1 Å². The summed E-state index contributed by atoms with van der Waals surface area (Å²) in [7, 11) is 0. The minimum atomic E-state index is -0.333.